The molecule has 5 nitrogen and oxygen atoms in total. The Bertz CT molecular complexity index is 970. The number of imidazole rings is 1. The molecule has 4 rings (SSSR count). The van der Waals surface area contributed by atoms with Gasteiger partial charge in [0.1, 0.15) is 11.9 Å². The van der Waals surface area contributed by atoms with Gasteiger partial charge in [-0.3, -0.25) is 4.90 Å². The van der Waals surface area contributed by atoms with Crippen molar-refractivity contribution in [1.29, 1.82) is 5.26 Å². The SMILES string of the molecule is CC(C)c1nc2c(n1C)CCN(Cc1cn3ccccc3c1C#N)C2. The Kier molecular flexibility index (Phi) is 3.85. The number of aromatic nitrogens is 3. The van der Waals surface area contributed by atoms with Crippen molar-refractivity contribution in [2.75, 3.05) is 6.54 Å². The molecule has 0 spiro atoms. The van der Waals surface area contributed by atoms with Gasteiger partial charge in [-0.15, -0.1) is 0 Å². The number of rotatable bonds is 3. The Morgan fingerprint density at radius 3 is 2.92 bits per heavy atom. The van der Waals surface area contributed by atoms with E-state index in [4.69, 9.17) is 4.98 Å². The van der Waals surface area contributed by atoms with Gasteiger partial charge in [-0.2, -0.15) is 5.26 Å². The van der Waals surface area contributed by atoms with Crippen LogP contribution in [0.25, 0.3) is 5.52 Å². The van der Waals surface area contributed by atoms with Crippen LogP contribution in [0.15, 0.2) is 30.6 Å². The van der Waals surface area contributed by atoms with E-state index in [1.165, 1.54) is 17.2 Å². The summed E-state index contributed by atoms with van der Waals surface area (Å²) in [5.41, 5.74) is 5.42. The van der Waals surface area contributed by atoms with Gasteiger partial charge in [0, 0.05) is 62.7 Å². The molecular formula is C20H23N5. The van der Waals surface area contributed by atoms with Crippen LogP contribution in [0.1, 0.15) is 48.1 Å². The van der Waals surface area contributed by atoms with E-state index in [0.29, 0.717) is 5.92 Å². The largest absolute Gasteiger partial charge is 0.335 e. The Morgan fingerprint density at radius 1 is 1.32 bits per heavy atom. The monoisotopic (exact) mass is 333 g/mol. The summed E-state index contributed by atoms with van der Waals surface area (Å²) in [5.74, 6) is 1.60. The molecule has 5 heteroatoms. The second-order valence-electron chi connectivity index (χ2n) is 7.17. The minimum atomic E-state index is 0.436. The maximum absolute atomic E-state index is 9.60. The smallest absolute Gasteiger partial charge is 0.111 e. The molecule has 128 valence electrons. The van der Waals surface area contributed by atoms with Gasteiger partial charge >= 0.3 is 0 Å². The Morgan fingerprint density at radius 2 is 2.16 bits per heavy atom. The third-order valence-electron chi connectivity index (χ3n) is 5.15. The summed E-state index contributed by atoms with van der Waals surface area (Å²) in [7, 11) is 2.13. The molecule has 0 bridgehead atoms. The van der Waals surface area contributed by atoms with Gasteiger partial charge in [0.15, 0.2) is 0 Å². The number of pyridine rings is 1. The molecular weight excluding hydrogens is 310 g/mol. The summed E-state index contributed by atoms with van der Waals surface area (Å²) in [4.78, 5) is 7.28. The van der Waals surface area contributed by atoms with Crippen LogP contribution in [0.5, 0.6) is 0 Å². The zero-order valence-electron chi connectivity index (χ0n) is 15.0. The van der Waals surface area contributed by atoms with E-state index in [9.17, 15) is 5.26 Å². The van der Waals surface area contributed by atoms with Gasteiger partial charge in [0.25, 0.3) is 0 Å². The highest BCUT2D eigenvalue weighted by Crippen LogP contribution is 2.26. The average Bonchev–Trinajstić information content (AvgIpc) is 3.12. The maximum atomic E-state index is 9.60. The molecule has 1 aliphatic rings. The molecule has 0 radical (unpaired) electrons. The van der Waals surface area contributed by atoms with Gasteiger partial charge in [-0.05, 0) is 12.1 Å². The van der Waals surface area contributed by atoms with Crippen LogP contribution in [-0.4, -0.2) is 25.4 Å². The van der Waals surface area contributed by atoms with E-state index in [1.54, 1.807) is 0 Å². The van der Waals surface area contributed by atoms with Gasteiger partial charge in [-0.1, -0.05) is 19.9 Å². The molecule has 3 aromatic heterocycles. The molecule has 0 N–H and O–H groups in total. The normalized spacial score (nSPS) is 14.8. The molecule has 25 heavy (non-hydrogen) atoms. The zero-order valence-corrected chi connectivity index (χ0v) is 15.0. The maximum Gasteiger partial charge on any atom is 0.111 e. The second-order valence-corrected chi connectivity index (χ2v) is 7.17. The lowest BCUT2D eigenvalue weighted by molar-refractivity contribution is 0.240. The number of nitrogens with zero attached hydrogens (tertiary/aromatic N) is 5. The summed E-state index contributed by atoms with van der Waals surface area (Å²) in [6.07, 6.45) is 5.10. The van der Waals surface area contributed by atoms with Crippen LogP contribution in [0.3, 0.4) is 0 Å². The molecule has 0 atom stereocenters. The molecule has 1 aliphatic heterocycles. The topological polar surface area (TPSA) is 49.3 Å². The van der Waals surface area contributed by atoms with Crippen LogP contribution in [0, 0.1) is 11.3 Å². The van der Waals surface area contributed by atoms with E-state index in [2.05, 4.69) is 42.6 Å². The lowest BCUT2D eigenvalue weighted by Crippen LogP contribution is -2.30. The predicted molar refractivity (Wildman–Crippen MR) is 97.2 cm³/mol. The average molecular weight is 333 g/mol. The number of nitriles is 1. The van der Waals surface area contributed by atoms with E-state index < -0.39 is 0 Å². The summed E-state index contributed by atoms with van der Waals surface area (Å²) in [5, 5.41) is 9.60. The lowest BCUT2D eigenvalue weighted by atomic mass is 10.1. The van der Waals surface area contributed by atoms with Crippen molar-refractivity contribution in [3.05, 3.63) is 58.9 Å². The minimum absolute atomic E-state index is 0.436. The number of hydrogen-bond donors (Lipinski definition) is 0. The highest BCUT2D eigenvalue weighted by atomic mass is 15.2. The van der Waals surface area contributed by atoms with Gasteiger partial charge in [0.05, 0.1) is 16.8 Å². The fourth-order valence-corrected chi connectivity index (χ4v) is 3.92. The van der Waals surface area contributed by atoms with Crippen molar-refractivity contribution < 1.29 is 0 Å². The van der Waals surface area contributed by atoms with Crippen LogP contribution >= 0.6 is 0 Å². The Hall–Kier alpha value is -2.58. The first kappa shape index (κ1) is 15.9. The predicted octanol–water partition coefficient (Wildman–Crippen LogP) is 3.23. The van der Waals surface area contributed by atoms with E-state index >= 15 is 0 Å². The van der Waals surface area contributed by atoms with Crippen LogP contribution in [-0.2, 0) is 26.6 Å². The van der Waals surface area contributed by atoms with Crippen molar-refractivity contribution in [2.24, 2.45) is 7.05 Å². The van der Waals surface area contributed by atoms with Gasteiger partial charge < -0.3 is 8.97 Å². The number of fused-ring (bicyclic) bond motifs is 2. The van der Waals surface area contributed by atoms with Crippen LogP contribution in [0.2, 0.25) is 0 Å². The molecule has 0 saturated carbocycles. The molecule has 0 aliphatic carbocycles. The number of hydrogen-bond acceptors (Lipinski definition) is 3. The van der Waals surface area contributed by atoms with Crippen molar-refractivity contribution >= 4 is 5.52 Å². The third kappa shape index (κ3) is 2.63. The van der Waals surface area contributed by atoms with Crippen LogP contribution in [0.4, 0.5) is 0 Å². The quantitative estimate of drug-likeness (QED) is 0.739. The van der Waals surface area contributed by atoms with Crippen LogP contribution < -0.4 is 0 Å². The molecule has 0 saturated heterocycles. The van der Waals surface area contributed by atoms with Crippen molar-refractivity contribution in [1.82, 2.24) is 18.9 Å². The fourth-order valence-electron chi connectivity index (χ4n) is 3.92. The highest BCUT2D eigenvalue weighted by molar-refractivity contribution is 5.65. The Labute approximate surface area is 148 Å². The standard InChI is InChI=1S/C20H23N5/c1-14(2)20-22-17-13-24(9-7-19(17)23(20)3)11-15-12-25-8-5-4-6-18(25)16(15)10-21/h4-6,8,12,14H,7,9,11,13H2,1-3H3. The Balaban J connectivity index is 1.61. The molecule has 4 heterocycles. The van der Waals surface area contributed by atoms with E-state index in [0.717, 1.165) is 42.7 Å². The van der Waals surface area contributed by atoms with Gasteiger partial charge in [0.2, 0.25) is 0 Å². The summed E-state index contributed by atoms with van der Waals surface area (Å²) in [6, 6.07) is 8.37. The molecule has 0 unspecified atom stereocenters. The van der Waals surface area contributed by atoms with Crippen molar-refractivity contribution in [3.63, 3.8) is 0 Å². The summed E-state index contributed by atoms with van der Waals surface area (Å²) < 4.78 is 4.31. The second kappa shape index (κ2) is 6.05. The lowest BCUT2D eigenvalue weighted by Gasteiger charge is -2.26. The van der Waals surface area contributed by atoms with Crippen molar-refractivity contribution in [3.8, 4) is 6.07 Å². The highest BCUT2D eigenvalue weighted by Gasteiger charge is 2.24. The first-order valence-corrected chi connectivity index (χ1v) is 8.84. The molecule has 0 amide bonds. The zero-order chi connectivity index (χ0) is 17.6. The van der Waals surface area contributed by atoms with Gasteiger partial charge in [-0.25, -0.2) is 4.98 Å². The molecule has 3 aromatic rings. The molecule has 0 aromatic carbocycles. The van der Waals surface area contributed by atoms with E-state index in [1.807, 2.05) is 28.8 Å². The third-order valence-corrected chi connectivity index (χ3v) is 5.15. The minimum Gasteiger partial charge on any atom is -0.335 e. The van der Waals surface area contributed by atoms with E-state index in [-0.39, 0.29) is 0 Å². The first-order chi connectivity index (χ1) is 12.1. The fraction of sp³-hybridized carbons (Fsp3) is 0.400. The first-order valence-electron chi connectivity index (χ1n) is 8.84. The summed E-state index contributed by atoms with van der Waals surface area (Å²) >= 11 is 0. The van der Waals surface area contributed by atoms with Crippen molar-refractivity contribution in [2.45, 2.75) is 39.3 Å². The summed E-state index contributed by atoms with van der Waals surface area (Å²) in [6.45, 7) is 7.03. The molecule has 0 fully saturated rings.